The van der Waals surface area contributed by atoms with Crippen molar-refractivity contribution in [1.29, 1.82) is 0 Å². The van der Waals surface area contributed by atoms with Crippen molar-refractivity contribution in [2.75, 3.05) is 18.4 Å². The summed E-state index contributed by atoms with van der Waals surface area (Å²) in [5, 5.41) is 11.7. The normalized spacial score (nSPS) is 18.4. The third kappa shape index (κ3) is 4.71. The molecule has 1 heterocycles. The van der Waals surface area contributed by atoms with E-state index in [-0.39, 0.29) is 18.4 Å². The van der Waals surface area contributed by atoms with Crippen LogP contribution in [0.5, 0.6) is 0 Å². The number of urea groups is 1. The fourth-order valence-corrected chi connectivity index (χ4v) is 3.59. The summed E-state index contributed by atoms with van der Waals surface area (Å²) in [5.74, 6) is -0.770. The molecule has 114 valence electrons. The van der Waals surface area contributed by atoms with Gasteiger partial charge in [0.1, 0.15) is 0 Å². The van der Waals surface area contributed by atoms with Crippen molar-refractivity contribution >= 4 is 49.5 Å². The third-order valence-electron chi connectivity index (χ3n) is 3.44. The van der Waals surface area contributed by atoms with Gasteiger partial charge in [0, 0.05) is 28.5 Å². The van der Waals surface area contributed by atoms with E-state index in [0.717, 1.165) is 21.8 Å². The molecule has 1 atom stereocenters. The number of carboxylic acid groups (broad SMARTS) is 1. The molecule has 0 aromatic heterocycles. The molecule has 0 aliphatic carbocycles. The maximum absolute atomic E-state index is 12.3. The molecular weight excluding hydrogens is 404 g/mol. The Kier molecular flexibility index (Phi) is 5.64. The van der Waals surface area contributed by atoms with Gasteiger partial charge in [-0.05, 0) is 52.9 Å². The Morgan fingerprint density at radius 1 is 1.38 bits per heavy atom. The summed E-state index contributed by atoms with van der Waals surface area (Å²) in [5.41, 5.74) is 0.698. The van der Waals surface area contributed by atoms with Gasteiger partial charge in [-0.2, -0.15) is 0 Å². The number of rotatable bonds is 3. The van der Waals surface area contributed by atoms with Gasteiger partial charge in [0.05, 0.1) is 5.69 Å². The minimum atomic E-state index is -0.807. The fourth-order valence-electron chi connectivity index (χ4n) is 2.45. The van der Waals surface area contributed by atoms with E-state index >= 15 is 0 Å². The summed E-state index contributed by atoms with van der Waals surface area (Å²) in [6.07, 6.45) is 1.82. The molecule has 1 aromatic rings. The Bertz CT molecular complexity index is 551. The predicted molar refractivity (Wildman–Crippen MR) is 87.4 cm³/mol. The SMILES string of the molecule is O=C(O)CC1CCCN(C(=O)Nc2ccc(Br)cc2Br)C1. The van der Waals surface area contributed by atoms with Crippen molar-refractivity contribution in [3.63, 3.8) is 0 Å². The van der Waals surface area contributed by atoms with Crippen molar-refractivity contribution < 1.29 is 14.7 Å². The quantitative estimate of drug-likeness (QED) is 0.779. The Labute approximate surface area is 140 Å². The fraction of sp³-hybridized carbons (Fsp3) is 0.429. The lowest BCUT2D eigenvalue weighted by Gasteiger charge is -2.32. The number of carbonyl (C=O) groups is 2. The lowest BCUT2D eigenvalue weighted by Crippen LogP contribution is -2.42. The number of hydrogen-bond donors (Lipinski definition) is 2. The Morgan fingerprint density at radius 3 is 2.81 bits per heavy atom. The molecule has 0 spiro atoms. The van der Waals surface area contributed by atoms with Crippen molar-refractivity contribution in [3.8, 4) is 0 Å². The average Bonchev–Trinajstić information content (AvgIpc) is 2.41. The first-order valence-electron chi connectivity index (χ1n) is 6.68. The highest BCUT2D eigenvalue weighted by atomic mass is 79.9. The molecule has 0 bridgehead atoms. The lowest BCUT2D eigenvalue weighted by atomic mass is 9.95. The van der Waals surface area contributed by atoms with Gasteiger partial charge < -0.3 is 15.3 Å². The topological polar surface area (TPSA) is 69.6 Å². The minimum Gasteiger partial charge on any atom is -0.481 e. The Hall–Kier alpha value is -1.08. The zero-order valence-corrected chi connectivity index (χ0v) is 14.5. The van der Waals surface area contributed by atoms with Gasteiger partial charge in [0.2, 0.25) is 0 Å². The summed E-state index contributed by atoms with van der Waals surface area (Å²) >= 11 is 6.76. The number of likely N-dealkylation sites (tertiary alicyclic amines) is 1. The number of nitrogens with one attached hydrogen (secondary N) is 1. The molecule has 1 saturated heterocycles. The molecule has 2 amide bonds. The number of aliphatic carboxylic acids is 1. The highest BCUT2D eigenvalue weighted by Gasteiger charge is 2.25. The standard InChI is InChI=1S/C14H16Br2N2O3/c15-10-3-4-12(11(16)7-10)17-14(21)18-5-1-2-9(8-18)6-13(19)20/h3-4,7,9H,1-2,5-6,8H2,(H,17,21)(H,19,20). The van der Waals surface area contributed by atoms with E-state index in [1.807, 2.05) is 18.2 Å². The summed E-state index contributed by atoms with van der Waals surface area (Å²) in [7, 11) is 0. The number of piperidine rings is 1. The second-order valence-corrected chi connectivity index (χ2v) is 6.88. The van der Waals surface area contributed by atoms with Crippen molar-refractivity contribution in [1.82, 2.24) is 4.90 Å². The van der Waals surface area contributed by atoms with E-state index in [0.29, 0.717) is 18.8 Å². The molecule has 0 radical (unpaired) electrons. The number of carboxylic acids is 1. The molecule has 2 N–H and O–H groups in total. The maximum atomic E-state index is 12.3. The van der Waals surface area contributed by atoms with Crippen LogP contribution in [0.15, 0.2) is 27.1 Å². The third-order valence-corrected chi connectivity index (χ3v) is 4.59. The first kappa shape index (κ1) is 16.3. The number of halogens is 2. The number of nitrogens with zero attached hydrogens (tertiary/aromatic N) is 1. The van der Waals surface area contributed by atoms with Crippen LogP contribution in [0, 0.1) is 5.92 Å². The molecule has 1 aromatic carbocycles. The molecule has 1 fully saturated rings. The highest BCUT2D eigenvalue weighted by Crippen LogP contribution is 2.27. The zero-order valence-electron chi connectivity index (χ0n) is 11.3. The number of benzene rings is 1. The first-order chi connectivity index (χ1) is 9.95. The van der Waals surface area contributed by atoms with Gasteiger partial charge in [-0.15, -0.1) is 0 Å². The van der Waals surface area contributed by atoms with Gasteiger partial charge in [0.25, 0.3) is 0 Å². The number of anilines is 1. The van der Waals surface area contributed by atoms with Gasteiger partial charge >= 0.3 is 12.0 Å². The largest absolute Gasteiger partial charge is 0.481 e. The molecule has 1 unspecified atom stereocenters. The van der Waals surface area contributed by atoms with Crippen LogP contribution in [0.4, 0.5) is 10.5 Å². The van der Waals surface area contributed by atoms with Crippen LogP contribution in [-0.2, 0) is 4.79 Å². The molecule has 1 aliphatic heterocycles. The molecule has 21 heavy (non-hydrogen) atoms. The van der Waals surface area contributed by atoms with E-state index in [9.17, 15) is 9.59 Å². The summed E-state index contributed by atoms with van der Waals surface area (Å²) in [6, 6.07) is 5.33. The van der Waals surface area contributed by atoms with Gasteiger partial charge in [-0.3, -0.25) is 4.79 Å². The van der Waals surface area contributed by atoms with Crippen molar-refractivity contribution in [2.45, 2.75) is 19.3 Å². The monoisotopic (exact) mass is 418 g/mol. The maximum Gasteiger partial charge on any atom is 0.321 e. The number of amides is 2. The molecular formula is C14H16Br2N2O3. The van der Waals surface area contributed by atoms with E-state index in [1.165, 1.54) is 0 Å². The van der Waals surface area contributed by atoms with Crippen molar-refractivity contribution in [2.24, 2.45) is 5.92 Å². The second-order valence-electron chi connectivity index (χ2n) is 5.11. The van der Waals surface area contributed by atoms with Crippen LogP contribution in [-0.4, -0.2) is 35.1 Å². The van der Waals surface area contributed by atoms with Crippen LogP contribution in [0.2, 0.25) is 0 Å². The minimum absolute atomic E-state index is 0.0374. The van der Waals surface area contributed by atoms with Crippen LogP contribution in [0.1, 0.15) is 19.3 Å². The van der Waals surface area contributed by atoms with E-state index < -0.39 is 5.97 Å². The van der Waals surface area contributed by atoms with Gasteiger partial charge in [-0.25, -0.2) is 4.79 Å². The van der Waals surface area contributed by atoms with E-state index in [1.54, 1.807) is 4.90 Å². The van der Waals surface area contributed by atoms with Crippen LogP contribution in [0.3, 0.4) is 0 Å². The van der Waals surface area contributed by atoms with E-state index in [2.05, 4.69) is 37.2 Å². The predicted octanol–water partition coefficient (Wildman–Crippen LogP) is 3.93. The second kappa shape index (κ2) is 7.26. The lowest BCUT2D eigenvalue weighted by molar-refractivity contribution is -0.138. The molecule has 5 nitrogen and oxygen atoms in total. The van der Waals surface area contributed by atoms with Gasteiger partial charge in [-0.1, -0.05) is 15.9 Å². The van der Waals surface area contributed by atoms with E-state index in [4.69, 9.17) is 5.11 Å². The van der Waals surface area contributed by atoms with Gasteiger partial charge in [0.15, 0.2) is 0 Å². The summed E-state index contributed by atoms with van der Waals surface area (Å²) < 4.78 is 1.72. The summed E-state index contributed by atoms with van der Waals surface area (Å²) in [4.78, 5) is 24.7. The summed E-state index contributed by atoms with van der Waals surface area (Å²) in [6.45, 7) is 1.16. The van der Waals surface area contributed by atoms with Crippen molar-refractivity contribution in [3.05, 3.63) is 27.1 Å². The van der Waals surface area contributed by atoms with Crippen LogP contribution < -0.4 is 5.32 Å². The Morgan fingerprint density at radius 2 is 2.14 bits per heavy atom. The highest BCUT2D eigenvalue weighted by molar-refractivity contribution is 9.11. The number of hydrogen-bond acceptors (Lipinski definition) is 2. The zero-order chi connectivity index (χ0) is 15.4. The molecule has 1 aliphatic rings. The smallest absolute Gasteiger partial charge is 0.321 e. The van der Waals surface area contributed by atoms with Crippen LogP contribution in [0.25, 0.3) is 0 Å². The molecule has 2 rings (SSSR count). The Balaban J connectivity index is 1.97. The average molecular weight is 420 g/mol. The molecule has 7 heteroatoms. The molecule has 0 saturated carbocycles. The van der Waals surface area contributed by atoms with Crippen LogP contribution >= 0.6 is 31.9 Å². The first-order valence-corrected chi connectivity index (χ1v) is 8.27. The number of carbonyl (C=O) groups excluding carboxylic acids is 1.